The standard InChI is InChI=1S/C61H95NO7/c1-6-8-10-12-14-16-18-20-22-24-26-28-30-32-33-35-37-39-41-43-45-47-49-51-59(63)68-56-57(55-67-54-53-58(61(65)66)62(3,4)5)69-60(64)52-50-48-46-44-42-40-38-36-34-31-29-27-25-23-21-19-17-15-13-11-9-7-2/h8-11,14-17,20-23,26-29,32-34,36-37,39,43,45,57-58H,6-7,12-13,18-19,24-25,30-31,35,38,40-42,44,46-56H2,1-5H3/b10-8+,11-9+,16-14+,17-15+,22-20+,23-21+,28-26+,29-27+,33-32+,36-34+,39-37+,45-43+. The van der Waals surface area contributed by atoms with Crippen LogP contribution in [0.25, 0.3) is 0 Å². The Kier molecular flexibility index (Phi) is 46.2. The van der Waals surface area contributed by atoms with Crippen LogP contribution >= 0.6 is 0 Å². The quantitative estimate of drug-likeness (QED) is 0.0259. The third-order valence-electron chi connectivity index (χ3n) is 10.7. The van der Waals surface area contributed by atoms with Crippen LogP contribution in [0.1, 0.15) is 168 Å². The predicted octanol–water partition coefficient (Wildman–Crippen LogP) is 14.4. The minimum Gasteiger partial charge on any atom is -0.544 e. The van der Waals surface area contributed by atoms with E-state index in [4.69, 9.17) is 14.2 Å². The number of likely N-dealkylation sites (N-methyl/N-ethyl adjacent to an activating group) is 1. The molecule has 0 saturated heterocycles. The van der Waals surface area contributed by atoms with Crippen LogP contribution in [-0.2, 0) is 28.6 Å². The van der Waals surface area contributed by atoms with E-state index < -0.39 is 18.1 Å². The molecular weight excluding hydrogens is 859 g/mol. The Morgan fingerprint density at radius 3 is 1.17 bits per heavy atom. The number of allylic oxidation sites excluding steroid dienone is 24. The minimum atomic E-state index is -1.14. The number of hydrogen-bond acceptors (Lipinski definition) is 7. The summed E-state index contributed by atoms with van der Waals surface area (Å²) >= 11 is 0. The number of unbranched alkanes of at least 4 members (excludes halogenated alkanes) is 7. The lowest BCUT2D eigenvalue weighted by Crippen LogP contribution is -2.55. The zero-order valence-electron chi connectivity index (χ0n) is 43.9. The number of quaternary nitrogens is 1. The van der Waals surface area contributed by atoms with Gasteiger partial charge in [-0.25, -0.2) is 0 Å². The highest BCUT2D eigenvalue weighted by Gasteiger charge is 2.25. The Hall–Kier alpha value is -4.79. The maximum atomic E-state index is 12.8. The molecule has 386 valence electrons. The van der Waals surface area contributed by atoms with Crippen molar-refractivity contribution in [3.63, 3.8) is 0 Å². The molecule has 0 aromatic carbocycles. The van der Waals surface area contributed by atoms with Gasteiger partial charge in [-0.3, -0.25) is 9.59 Å². The van der Waals surface area contributed by atoms with Crippen LogP contribution in [0, 0.1) is 0 Å². The van der Waals surface area contributed by atoms with Crippen LogP contribution in [-0.4, -0.2) is 75.5 Å². The molecule has 0 N–H and O–H groups in total. The zero-order chi connectivity index (χ0) is 50.6. The maximum Gasteiger partial charge on any atom is 0.306 e. The van der Waals surface area contributed by atoms with Crippen LogP contribution in [0.2, 0.25) is 0 Å². The Morgan fingerprint density at radius 1 is 0.435 bits per heavy atom. The van der Waals surface area contributed by atoms with Crippen molar-refractivity contribution >= 4 is 17.9 Å². The van der Waals surface area contributed by atoms with Crippen molar-refractivity contribution in [2.24, 2.45) is 0 Å². The first-order chi connectivity index (χ1) is 33.6. The Morgan fingerprint density at radius 2 is 0.783 bits per heavy atom. The van der Waals surface area contributed by atoms with E-state index in [1.165, 1.54) is 0 Å². The molecule has 0 aliphatic rings. The molecule has 0 aliphatic heterocycles. The topological polar surface area (TPSA) is 102 Å². The largest absolute Gasteiger partial charge is 0.544 e. The van der Waals surface area contributed by atoms with Gasteiger partial charge in [-0.05, 0) is 109 Å². The number of hydrogen-bond donors (Lipinski definition) is 0. The van der Waals surface area contributed by atoms with E-state index in [9.17, 15) is 19.5 Å². The third kappa shape index (κ3) is 48.0. The predicted molar refractivity (Wildman–Crippen MR) is 290 cm³/mol. The summed E-state index contributed by atoms with van der Waals surface area (Å²) in [6.07, 6.45) is 73.1. The van der Waals surface area contributed by atoms with Crippen molar-refractivity contribution in [1.82, 2.24) is 0 Å². The Labute approximate surface area is 421 Å². The lowest BCUT2D eigenvalue weighted by atomic mass is 10.1. The van der Waals surface area contributed by atoms with E-state index in [-0.39, 0.29) is 55.5 Å². The van der Waals surface area contributed by atoms with Crippen molar-refractivity contribution < 1.29 is 38.2 Å². The van der Waals surface area contributed by atoms with Gasteiger partial charge in [0.2, 0.25) is 0 Å². The molecule has 0 fully saturated rings. The lowest BCUT2D eigenvalue weighted by molar-refractivity contribution is -0.889. The normalized spacial score (nSPS) is 14.0. The van der Waals surface area contributed by atoms with Gasteiger partial charge in [0.05, 0.1) is 40.3 Å². The molecular formula is C61H95NO7. The molecule has 2 atom stereocenters. The molecule has 0 radical (unpaired) electrons. The molecule has 0 saturated carbocycles. The average molecular weight is 954 g/mol. The van der Waals surface area contributed by atoms with Gasteiger partial charge in [0.15, 0.2) is 6.10 Å². The fourth-order valence-electron chi connectivity index (χ4n) is 6.73. The number of esters is 2. The highest BCUT2D eigenvalue weighted by Crippen LogP contribution is 2.12. The summed E-state index contributed by atoms with van der Waals surface area (Å²) in [5, 5.41) is 11.7. The fraction of sp³-hybridized carbons (Fsp3) is 0.557. The molecule has 0 aromatic rings. The molecule has 0 spiro atoms. The van der Waals surface area contributed by atoms with E-state index in [1.807, 2.05) is 0 Å². The second-order valence-electron chi connectivity index (χ2n) is 18.0. The molecule has 0 heterocycles. The van der Waals surface area contributed by atoms with Gasteiger partial charge in [0.1, 0.15) is 12.6 Å². The third-order valence-corrected chi connectivity index (χ3v) is 10.7. The van der Waals surface area contributed by atoms with Crippen LogP contribution < -0.4 is 5.11 Å². The molecule has 8 nitrogen and oxygen atoms in total. The average Bonchev–Trinajstić information content (AvgIpc) is 3.31. The van der Waals surface area contributed by atoms with Gasteiger partial charge >= 0.3 is 11.9 Å². The van der Waals surface area contributed by atoms with E-state index >= 15 is 0 Å². The van der Waals surface area contributed by atoms with Crippen LogP contribution in [0.3, 0.4) is 0 Å². The monoisotopic (exact) mass is 954 g/mol. The van der Waals surface area contributed by atoms with Crippen molar-refractivity contribution in [2.45, 2.75) is 180 Å². The number of rotatable bonds is 45. The summed E-state index contributed by atoms with van der Waals surface area (Å²) in [5.41, 5.74) is 0. The first-order valence-electron chi connectivity index (χ1n) is 26.4. The number of carbonyl (C=O) groups is 3. The number of carboxylic acids is 1. The van der Waals surface area contributed by atoms with Gasteiger partial charge in [0, 0.05) is 19.3 Å². The smallest absolute Gasteiger partial charge is 0.306 e. The van der Waals surface area contributed by atoms with Gasteiger partial charge in [0.25, 0.3) is 0 Å². The molecule has 0 aliphatic carbocycles. The van der Waals surface area contributed by atoms with E-state index in [0.29, 0.717) is 6.42 Å². The second-order valence-corrected chi connectivity index (χ2v) is 18.0. The second kappa shape index (κ2) is 49.6. The van der Waals surface area contributed by atoms with Crippen molar-refractivity contribution in [1.29, 1.82) is 0 Å². The minimum absolute atomic E-state index is 0.00511. The molecule has 0 amide bonds. The van der Waals surface area contributed by atoms with Crippen molar-refractivity contribution in [2.75, 3.05) is 41.0 Å². The number of carbonyl (C=O) groups excluding carboxylic acids is 3. The summed E-state index contributed by atoms with van der Waals surface area (Å²) in [6, 6.07) is -0.749. The SMILES string of the molecule is CC/C=C/C/C=C/C/C=C/C/C=C/C/C=C/C/C=C/C/C=C/CCCC(=O)OCC(COCCC(C(=O)[O-])[N+](C)(C)C)OC(=O)CCCCCCCC/C=C/C/C=C/C/C=C/C/C=C/C/C=C/CC. The number of aliphatic carboxylic acids is 1. The number of ether oxygens (including phenoxy) is 3. The van der Waals surface area contributed by atoms with Gasteiger partial charge in [-0.15, -0.1) is 0 Å². The van der Waals surface area contributed by atoms with Crippen LogP contribution in [0.4, 0.5) is 0 Å². The van der Waals surface area contributed by atoms with Gasteiger partial charge in [-0.2, -0.15) is 0 Å². The first kappa shape index (κ1) is 64.2. The van der Waals surface area contributed by atoms with Crippen molar-refractivity contribution in [3.05, 3.63) is 146 Å². The lowest BCUT2D eigenvalue weighted by Gasteiger charge is -2.34. The molecule has 69 heavy (non-hydrogen) atoms. The zero-order valence-corrected chi connectivity index (χ0v) is 43.9. The summed E-state index contributed by atoms with van der Waals surface area (Å²) in [5.74, 6) is -1.85. The summed E-state index contributed by atoms with van der Waals surface area (Å²) in [6.45, 7) is 4.34. The van der Waals surface area contributed by atoms with E-state index in [2.05, 4.69) is 160 Å². The Balaban J connectivity index is 4.41. The highest BCUT2D eigenvalue weighted by molar-refractivity contribution is 5.70. The van der Waals surface area contributed by atoms with Crippen molar-refractivity contribution in [3.8, 4) is 0 Å². The molecule has 2 unspecified atom stereocenters. The summed E-state index contributed by atoms with van der Waals surface area (Å²) in [7, 11) is 5.38. The van der Waals surface area contributed by atoms with Crippen LogP contribution in [0.5, 0.6) is 0 Å². The summed E-state index contributed by atoms with van der Waals surface area (Å²) in [4.78, 5) is 37.1. The molecule has 8 heteroatoms. The number of carboxylic acid groups (broad SMARTS) is 1. The van der Waals surface area contributed by atoms with Gasteiger partial charge in [-0.1, -0.05) is 185 Å². The Bertz CT molecular complexity index is 1630. The van der Waals surface area contributed by atoms with Crippen LogP contribution in [0.15, 0.2) is 146 Å². The fourth-order valence-corrected chi connectivity index (χ4v) is 6.73. The number of nitrogens with zero attached hydrogens (tertiary/aromatic N) is 1. The first-order valence-corrected chi connectivity index (χ1v) is 26.4. The molecule has 0 rings (SSSR count). The van der Waals surface area contributed by atoms with E-state index in [1.54, 1.807) is 21.1 Å². The van der Waals surface area contributed by atoms with E-state index in [0.717, 1.165) is 128 Å². The molecule has 0 aromatic heterocycles. The highest BCUT2D eigenvalue weighted by atomic mass is 16.6. The van der Waals surface area contributed by atoms with Gasteiger partial charge < -0.3 is 28.6 Å². The molecule has 0 bridgehead atoms. The maximum absolute atomic E-state index is 12.8. The summed E-state index contributed by atoms with van der Waals surface area (Å²) < 4.78 is 17.2.